The third-order valence-corrected chi connectivity index (χ3v) is 3.41. The van der Waals surface area contributed by atoms with Crippen molar-refractivity contribution in [3.8, 4) is 5.69 Å². The second-order valence-corrected chi connectivity index (χ2v) is 4.94. The number of amides is 1. The lowest BCUT2D eigenvalue weighted by Crippen LogP contribution is -2.28. The van der Waals surface area contributed by atoms with Gasteiger partial charge >= 0.3 is 0 Å². The Balaban J connectivity index is 1.63. The second-order valence-electron chi connectivity index (χ2n) is 4.94. The molecule has 3 rings (SSSR count). The lowest BCUT2D eigenvalue weighted by atomic mass is 10.3. The first-order valence-electron chi connectivity index (χ1n) is 7.37. The molecule has 118 valence electrons. The monoisotopic (exact) mass is 311 g/mol. The summed E-state index contributed by atoms with van der Waals surface area (Å²) in [6, 6.07) is 9.54. The van der Waals surface area contributed by atoms with Gasteiger partial charge in [-0.15, -0.1) is 5.10 Å². The largest absolute Gasteiger partial charge is 0.347 e. The molecule has 2 aromatic heterocycles. The fourth-order valence-corrected chi connectivity index (χ4v) is 2.27. The number of nitrogens with one attached hydrogen (secondary N) is 1. The topological polar surface area (TPSA) is 90.5 Å². The number of aromatic nitrogens is 6. The van der Waals surface area contributed by atoms with Crippen LogP contribution in [0.1, 0.15) is 18.6 Å². The maximum atomic E-state index is 12.1. The van der Waals surface area contributed by atoms with E-state index in [1.807, 2.05) is 41.8 Å². The molecule has 1 amide bonds. The van der Waals surface area contributed by atoms with Crippen LogP contribution in [0.25, 0.3) is 5.69 Å². The van der Waals surface area contributed by atoms with Gasteiger partial charge in [-0.25, -0.2) is 4.98 Å². The van der Waals surface area contributed by atoms with Crippen LogP contribution < -0.4 is 5.32 Å². The van der Waals surface area contributed by atoms with Gasteiger partial charge in [0, 0.05) is 18.8 Å². The molecule has 0 spiro atoms. The van der Waals surface area contributed by atoms with Gasteiger partial charge in [0.1, 0.15) is 12.4 Å². The third-order valence-electron chi connectivity index (χ3n) is 3.41. The van der Waals surface area contributed by atoms with E-state index in [9.17, 15) is 4.79 Å². The van der Waals surface area contributed by atoms with Crippen LogP contribution in [0.15, 0.2) is 42.7 Å². The predicted molar refractivity (Wildman–Crippen MR) is 82.6 cm³/mol. The number of aryl methyl sites for hydroxylation is 1. The highest BCUT2D eigenvalue weighted by molar-refractivity contribution is 5.75. The summed E-state index contributed by atoms with van der Waals surface area (Å²) in [6.45, 7) is 2.50. The van der Waals surface area contributed by atoms with Crippen LogP contribution in [0.3, 0.4) is 0 Å². The summed E-state index contributed by atoms with van der Waals surface area (Å²) in [6.07, 6.45) is 4.28. The van der Waals surface area contributed by atoms with E-state index in [0.717, 1.165) is 17.9 Å². The fraction of sp³-hybridized carbons (Fsp3) is 0.267. The molecule has 0 aliphatic carbocycles. The number of rotatable bonds is 6. The summed E-state index contributed by atoms with van der Waals surface area (Å²) in [5.41, 5.74) is 0.852. The molecule has 0 saturated carbocycles. The average Bonchev–Trinajstić information content (AvgIpc) is 3.22. The van der Waals surface area contributed by atoms with Crippen molar-refractivity contribution in [2.45, 2.75) is 26.4 Å². The summed E-state index contributed by atoms with van der Waals surface area (Å²) < 4.78 is 3.43. The molecule has 1 N–H and O–H groups in total. The lowest BCUT2D eigenvalue weighted by molar-refractivity contribution is -0.121. The zero-order chi connectivity index (χ0) is 16.1. The summed E-state index contributed by atoms with van der Waals surface area (Å²) in [5, 5.41) is 14.4. The molecule has 0 aliphatic rings. The van der Waals surface area contributed by atoms with E-state index in [1.54, 1.807) is 17.1 Å². The number of para-hydroxylation sites is 1. The van der Waals surface area contributed by atoms with Gasteiger partial charge in [-0.1, -0.05) is 25.1 Å². The van der Waals surface area contributed by atoms with Crippen molar-refractivity contribution in [2.75, 3.05) is 0 Å². The maximum absolute atomic E-state index is 12.1. The van der Waals surface area contributed by atoms with E-state index in [-0.39, 0.29) is 19.0 Å². The molecule has 1 aromatic carbocycles. The van der Waals surface area contributed by atoms with Gasteiger partial charge < -0.3 is 9.88 Å². The minimum atomic E-state index is -0.111. The van der Waals surface area contributed by atoms with Crippen molar-refractivity contribution in [1.29, 1.82) is 0 Å². The van der Waals surface area contributed by atoms with Crippen LogP contribution in [0.2, 0.25) is 0 Å². The Hall–Kier alpha value is -3.03. The van der Waals surface area contributed by atoms with Crippen LogP contribution in [-0.2, 0) is 24.3 Å². The predicted octanol–water partition coefficient (Wildman–Crippen LogP) is 0.738. The van der Waals surface area contributed by atoms with Crippen LogP contribution in [0, 0.1) is 0 Å². The lowest BCUT2D eigenvalue weighted by Gasteiger charge is -2.08. The Labute approximate surface area is 133 Å². The van der Waals surface area contributed by atoms with E-state index >= 15 is 0 Å². The number of nitrogens with zero attached hydrogens (tertiary/aromatic N) is 6. The second kappa shape index (κ2) is 6.82. The van der Waals surface area contributed by atoms with Gasteiger partial charge in [-0.05, 0) is 22.6 Å². The third kappa shape index (κ3) is 3.42. The van der Waals surface area contributed by atoms with E-state index in [0.29, 0.717) is 5.82 Å². The van der Waals surface area contributed by atoms with Gasteiger partial charge in [0.15, 0.2) is 5.82 Å². The highest BCUT2D eigenvalue weighted by Gasteiger charge is 2.11. The minimum absolute atomic E-state index is 0.111. The minimum Gasteiger partial charge on any atom is -0.347 e. The number of carbonyl (C=O) groups excluding carboxylic acids is 1. The quantitative estimate of drug-likeness (QED) is 0.725. The number of hydrogen-bond acceptors (Lipinski definition) is 5. The van der Waals surface area contributed by atoms with Gasteiger partial charge in [-0.2, -0.15) is 4.68 Å². The number of carbonyl (C=O) groups is 1. The molecule has 0 unspecified atom stereocenters. The highest BCUT2D eigenvalue weighted by atomic mass is 16.1. The van der Waals surface area contributed by atoms with Crippen molar-refractivity contribution in [3.63, 3.8) is 0 Å². The standard InChI is InChI=1S/C15H17N7O/c1-2-13-16-8-9-21(13)11-15(23)17-10-14-18-19-20-22(14)12-6-4-3-5-7-12/h3-9H,2,10-11H2,1H3,(H,17,23). The number of tetrazole rings is 1. The van der Waals surface area contributed by atoms with Gasteiger partial charge in [0.2, 0.25) is 5.91 Å². The molecule has 23 heavy (non-hydrogen) atoms. The fourth-order valence-electron chi connectivity index (χ4n) is 2.27. The summed E-state index contributed by atoms with van der Waals surface area (Å²) in [7, 11) is 0. The van der Waals surface area contributed by atoms with Crippen molar-refractivity contribution in [2.24, 2.45) is 0 Å². The smallest absolute Gasteiger partial charge is 0.240 e. The van der Waals surface area contributed by atoms with E-state index < -0.39 is 0 Å². The maximum Gasteiger partial charge on any atom is 0.240 e. The molecule has 0 radical (unpaired) electrons. The number of benzene rings is 1. The normalized spacial score (nSPS) is 10.7. The van der Waals surface area contributed by atoms with Gasteiger partial charge in [0.05, 0.1) is 12.2 Å². The molecular formula is C15H17N7O. The van der Waals surface area contributed by atoms with E-state index in [4.69, 9.17) is 0 Å². The van der Waals surface area contributed by atoms with Crippen molar-refractivity contribution in [3.05, 3.63) is 54.4 Å². The van der Waals surface area contributed by atoms with Gasteiger partial charge in [-0.3, -0.25) is 4.79 Å². The molecule has 2 heterocycles. The first-order chi connectivity index (χ1) is 11.3. The first-order valence-corrected chi connectivity index (χ1v) is 7.37. The summed E-state index contributed by atoms with van der Waals surface area (Å²) in [5.74, 6) is 1.35. The molecule has 8 nitrogen and oxygen atoms in total. The molecule has 0 atom stereocenters. The Kier molecular flexibility index (Phi) is 4.41. The Morgan fingerprint density at radius 2 is 2.04 bits per heavy atom. The SMILES string of the molecule is CCc1nccn1CC(=O)NCc1nnnn1-c1ccccc1. The van der Waals surface area contributed by atoms with E-state index in [1.165, 1.54) is 0 Å². The molecule has 0 saturated heterocycles. The summed E-state index contributed by atoms with van der Waals surface area (Å²) >= 11 is 0. The Morgan fingerprint density at radius 3 is 2.83 bits per heavy atom. The number of imidazole rings is 1. The van der Waals surface area contributed by atoms with Gasteiger partial charge in [0.25, 0.3) is 0 Å². The average molecular weight is 311 g/mol. The molecule has 8 heteroatoms. The molecule has 0 aliphatic heterocycles. The molecule has 0 fully saturated rings. The van der Waals surface area contributed by atoms with Crippen LogP contribution in [0.5, 0.6) is 0 Å². The van der Waals surface area contributed by atoms with Crippen molar-refractivity contribution in [1.82, 2.24) is 35.1 Å². The van der Waals surface area contributed by atoms with Crippen LogP contribution >= 0.6 is 0 Å². The molecular weight excluding hydrogens is 294 g/mol. The highest BCUT2D eigenvalue weighted by Crippen LogP contribution is 2.06. The molecule has 3 aromatic rings. The van der Waals surface area contributed by atoms with Crippen molar-refractivity contribution < 1.29 is 4.79 Å². The van der Waals surface area contributed by atoms with Crippen LogP contribution in [0.4, 0.5) is 0 Å². The van der Waals surface area contributed by atoms with Crippen LogP contribution in [-0.4, -0.2) is 35.7 Å². The Morgan fingerprint density at radius 1 is 1.22 bits per heavy atom. The van der Waals surface area contributed by atoms with E-state index in [2.05, 4.69) is 25.8 Å². The number of hydrogen-bond donors (Lipinski definition) is 1. The summed E-state index contributed by atoms with van der Waals surface area (Å²) in [4.78, 5) is 16.3. The zero-order valence-corrected chi connectivity index (χ0v) is 12.8. The zero-order valence-electron chi connectivity index (χ0n) is 12.8. The molecule has 0 bridgehead atoms. The first kappa shape index (κ1) is 14.9. The Bertz CT molecular complexity index is 778. The van der Waals surface area contributed by atoms with Crippen molar-refractivity contribution >= 4 is 5.91 Å².